The maximum absolute atomic E-state index is 13.7. The lowest BCUT2D eigenvalue weighted by atomic mass is 9.92. The zero-order valence-corrected chi connectivity index (χ0v) is 26.9. The fourth-order valence-electron chi connectivity index (χ4n) is 6.50. The van der Waals surface area contributed by atoms with Gasteiger partial charge in [0.25, 0.3) is 0 Å². The van der Waals surface area contributed by atoms with Crippen molar-refractivity contribution in [2.75, 3.05) is 46.1 Å². The summed E-state index contributed by atoms with van der Waals surface area (Å²) in [4.78, 5) is 19.0. The van der Waals surface area contributed by atoms with Crippen LogP contribution in [0, 0.1) is 5.92 Å². The lowest BCUT2D eigenvalue weighted by Crippen LogP contribution is -2.65. The highest BCUT2D eigenvalue weighted by Crippen LogP contribution is 2.35. The van der Waals surface area contributed by atoms with Crippen molar-refractivity contribution >= 4 is 35.0 Å². The number of likely N-dealkylation sites (tertiary alicyclic amines) is 1. The van der Waals surface area contributed by atoms with Gasteiger partial charge in [-0.3, -0.25) is 14.6 Å². The Hall–Kier alpha value is -1.15. The summed E-state index contributed by atoms with van der Waals surface area (Å²) in [7, 11) is 1.98. The van der Waals surface area contributed by atoms with E-state index in [1.807, 2.05) is 14.0 Å². The largest absolute Gasteiger partial charge is 0.395 e. The maximum Gasteiger partial charge on any atom is 0.237 e. The van der Waals surface area contributed by atoms with Crippen molar-refractivity contribution in [3.05, 3.63) is 35.9 Å². The smallest absolute Gasteiger partial charge is 0.237 e. The number of nitrogens with one attached hydrogen (secondary N) is 1. The molecule has 9 atom stereocenters. The van der Waals surface area contributed by atoms with E-state index >= 15 is 0 Å². The molecule has 2 fully saturated rings. The number of thioether (sulfide) groups is 2. The predicted octanol–water partition coefficient (Wildman–Crippen LogP) is 2.02. The standard InChI is InChI=1S/C31H49N3O6S2/c1-5-7-20-16-24(33(3)17-20)30(39)32-25(29-27(37)26(36)28(38)31(40-29)41-4)19(2)42-23-11-9-21(10-12-23)22-8-6-13-34(18-22)14-15-35/h8-12,19-20,24-29,31,35-38H,5-7,13-18H2,1-4H3,(H,32,39)/t19-,20-,24+,25?,26+,27-,28-,29-,31-/m1/s1. The van der Waals surface area contributed by atoms with Gasteiger partial charge in [0, 0.05) is 36.3 Å². The summed E-state index contributed by atoms with van der Waals surface area (Å²) in [6.45, 7) is 7.64. The first-order valence-corrected chi connectivity index (χ1v) is 17.4. The highest BCUT2D eigenvalue weighted by Gasteiger charge is 2.48. The van der Waals surface area contributed by atoms with Crippen LogP contribution in [0.4, 0.5) is 0 Å². The second-order valence-electron chi connectivity index (χ2n) is 11.9. The third kappa shape index (κ3) is 8.11. The Bertz CT molecular complexity index is 1040. The van der Waals surface area contributed by atoms with Crippen molar-refractivity contribution in [3.8, 4) is 0 Å². The van der Waals surface area contributed by atoms with Crippen molar-refractivity contribution in [1.82, 2.24) is 15.1 Å². The van der Waals surface area contributed by atoms with Crippen molar-refractivity contribution in [2.45, 2.75) is 91.6 Å². The molecule has 1 aromatic carbocycles. The van der Waals surface area contributed by atoms with Gasteiger partial charge < -0.3 is 30.5 Å². The SMILES string of the molecule is CCC[C@@H]1C[C@@H](C(=O)NC([C@H]2O[C@H](SC)[C@H](O)[C@@H](O)[C@H]2O)[C@@H](C)Sc2ccc(C3=CCCN(CCO)C3)cc2)N(C)C1. The normalized spacial score (nSPS) is 32.4. The van der Waals surface area contributed by atoms with Crippen LogP contribution in [0.15, 0.2) is 35.2 Å². The van der Waals surface area contributed by atoms with Gasteiger partial charge in [0.05, 0.1) is 18.7 Å². The summed E-state index contributed by atoms with van der Waals surface area (Å²) < 4.78 is 6.16. The number of aliphatic hydroxyl groups excluding tert-OH is 4. The number of β-amino-alcohol motifs (C(OH)–C–C–N with tert-alkyl or cyclic N) is 1. The number of rotatable bonds is 12. The number of carbonyl (C=O) groups excluding carboxylic acids is 1. The van der Waals surface area contributed by atoms with E-state index in [-0.39, 0.29) is 23.8 Å². The summed E-state index contributed by atoms with van der Waals surface area (Å²) in [5.41, 5.74) is 1.68. The zero-order chi connectivity index (χ0) is 30.4. The van der Waals surface area contributed by atoms with E-state index in [0.717, 1.165) is 55.8 Å². The molecule has 0 bridgehead atoms. The summed E-state index contributed by atoms with van der Waals surface area (Å²) in [5, 5.41) is 44.5. The Kier molecular flexibility index (Phi) is 12.6. The molecule has 236 valence electrons. The fourth-order valence-corrected chi connectivity index (χ4v) is 8.28. The quantitative estimate of drug-likeness (QED) is 0.221. The second kappa shape index (κ2) is 15.7. The van der Waals surface area contributed by atoms with Gasteiger partial charge in [-0.05, 0) is 61.8 Å². The van der Waals surface area contributed by atoms with Crippen LogP contribution >= 0.6 is 23.5 Å². The van der Waals surface area contributed by atoms with E-state index in [0.29, 0.717) is 12.5 Å². The van der Waals surface area contributed by atoms with E-state index in [2.05, 4.69) is 52.4 Å². The Morgan fingerprint density at radius 2 is 1.90 bits per heavy atom. The van der Waals surface area contributed by atoms with E-state index in [1.54, 1.807) is 18.0 Å². The summed E-state index contributed by atoms with van der Waals surface area (Å²) in [5.74, 6) is 0.376. The Morgan fingerprint density at radius 1 is 1.17 bits per heavy atom. The van der Waals surface area contributed by atoms with Gasteiger partial charge >= 0.3 is 0 Å². The first-order chi connectivity index (χ1) is 20.2. The second-order valence-corrected chi connectivity index (χ2v) is 14.3. The number of amides is 1. The average Bonchev–Trinajstić information content (AvgIpc) is 3.36. The molecule has 5 N–H and O–H groups in total. The minimum Gasteiger partial charge on any atom is -0.395 e. The van der Waals surface area contributed by atoms with E-state index < -0.39 is 35.9 Å². The van der Waals surface area contributed by atoms with E-state index in [1.165, 1.54) is 17.3 Å². The molecule has 0 radical (unpaired) electrons. The Balaban J connectivity index is 1.51. The van der Waals surface area contributed by atoms with Gasteiger partial charge in [0.15, 0.2) is 0 Å². The molecule has 1 amide bonds. The number of benzene rings is 1. The first kappa shape index (κ1) is 33.7. The van der Waals surface area contributed by atoms with Gasteiger partial charge in [-0.2, -0.15) is 0 Å². The predicted molar refractivity (Wildman–Crippen MR) is 169 cm³/mol. The Morgan fingerprint density at radius 3 is 2.57 bits per heavy atom. The first-order valence-electron chi connectivity index (χ1n) is 15.2. The highest BCUT2D eigenvalue weighted by molar-refractivity contribution is 8.00. The molecule has 42 heavy (non-hydrogen) atoms. The van der Waals surface area contributed by atoms with Gasteiger partial charge in [-0.15, -0.1) is 23.5 Å². The lowest BCUT2D eigenvalue weighted by Gasteiger charge is -2.44. The number of likely N-dealkylation sites (N-methyl/N-ethyl adjacent to an activating group) is 1. The van der Waals surface area contributed by atoms with Crippen LogP contribution in [0.1, 0.15) is 45.1 Å². The minimum atomic E-state index is -1.38. The van der Waals surface area contributed by atoms with Crippen molar-refractivity contribution < 1.29 is 30.0 Å². The highest BCUT2D eigenvalue weighted by atomic mass is 32.2. The topological polar surface area (TPSA) is 126 Å². The van der Waals surface area contributed by atoms with Crippen molar-refractivity contribution in [2.24, 2.45) is 5.92 Å². The molecule has 1 unspecified atom stereocenters. The molecular weight excluding hydrogens is 574 g/mol. The molecule has 2 saturated heterocycles. The van der Waals surface area contributed by atoms with Crippen LogP contribution in [0.3, 0.4) is 0 Å². The van der Waals surface area contributed by atoms with E-state index in [9.17, 15) is 25.2 Å². The minimum absolute atomic E-state index is 0.0994. The molecule has 11 heteroatoms. The molecule has 0 aromatic heterocycles. The fraction of sp³-hybridized carbons (Fsp3) is 0.710. The monoisotopic (exact) mass is 623 g/mol. The lowest BCUT2D eigenvalue weighted by molar-refractivity contribution is -0.205. The molecule has 3 heterocycles. The molecule has 0 spiro atoms. The van der Waals surface area contributed by atoms with Gasteiger partial charge in [0.1, 0.15) is 29.9 Å². The van der Waals surface area contributed by atoms with Crippen LogP contribution in [0.5, 0.6) is 0 Å². The average molecular weight is 624 g/mol. The van der Waals surface area contributed by atoms with Crippen LogP contribution < -0.4 is 5.32 Å². The molecular formula is C31H49N3O6S2. The summed E-state index contributed by atoms with van der Waals surface area (Å²) in [6, 6.07) is 7.48. The number of aliphatic hydroxyl groups is 4. The summed E-state index contributed by atoms with van der Waals surface area (Å²) >= 11 is 2.85. The molecule has 9 nitrogen and oxygen atoms in total. The van der Waals surface area contributed by atoms with Crippen LogP contribution in [-0.4, -0.2) is 129 Å². The third-order valence-electron chi connectivity index (χ3n) is 8.84. The van der Waals surface area contributed by atoms with Gasteiger partial charge in [0.2, 0.25) is 5.91 Å². The van der Waals surface area contributed by atoms with E-state index in [4.69, 9.17) is 4.74 Å². The van der Waals surface area contributed by atoms with Crippen molar-refractivity contribution in [3.63, 3.8) is 0 Å². The van der Waals surface area contributed by atoms with Crippen LogP contribution in [0.25, 0.3) is 5.57 Å². The maximum atomic E-state index is 13.7. The van der Waals surface area contributed by atoms with Gasteiger partial charge in [-0.25, -0.2) is 0 Å². The molecule has 1 aromatic rings. The van der Waals surface area contributed by atoms with Crippen molar-refractivity contribution in [1.29, 1.82) is 0 Å². The Labute approximate surface area is 259 Å². The summed E-state index contributed by atoms with van der Waals surface area (Å²) in [6.07, 6.45) is 3.11. The van der Waals surface area contributed by atoms with Gasteiger partial charge in [-0.1, -0.05) is 38.5 Å². The number of nitrogens with zero attached hydrogens (tertiary/aromatic N) is 2. The molecule has 0 saturated carbocycles. The molecule has 4 rings (SSSR count). The molecule has 3 aliphatic rings. The van der Waals surface area contributed by atoms with Crippen LogP contribution in [0.2, 0.25) is 0 Å². The zero-order valence-electron chi connectivity index (χ0n) is 25.3. The number of hydrogen-bond donors (Lipinski definition) is 5. The number of carbonyl (C=O) groups is 1. The molecule has 3 aliphatic heterocycles. The number of ether oxygens (including phenoxy) is 1. The third-order valence-corrected chi connectivity index (χ3v) is 10.9. The number of hydrogen-bond acceptors (Lipinski definition) is 10. The molecule has 0 aliphatic carbocycles. The van der Waals surface area contributed by atoms with Crippen LogP contribution in [-0.2, 0) is 9.53 Å².